The number of carbonyl (C=O) groups excluding carboxylic acids is 1. The van der Waals surface area contributed by atoms with Gasteiger partial charge in [-0.05, 0) is 37.1 Å². The number of para-hydroxylation sites is 1. The molecule has 0 radical (unpaired) electrons. The molecule has 4 heteroatoms. The van der Waals surface area contributed by atoms with Crippen molar-refractivity contribution in [1.82, 2.24) is 4.98 Å². The molecule has 1 aromatic heterocycles. The molecule has 1 N–H and O–H groups in total. The molecule has 3 aromatic rings. The van der Waals surface area contributed by atoms with Crippen LogP contribution in [0.5, 0.6) is 0 Å². The van der Waals surface area contributed by atoms with E-state index in [1.165, 1.54) is 16.0 Å². The maximum Gasteiger partial charge on any atom is 0.106 e. The first-order valence-electron chi connectivity index (χ1n) is 9.16. The van der Waals surface area contributed by atoms with Crippen molar-refractivity contribution in [3.8, 4) is 0 Å². The van der Waals surface area contributed by atoms with Crippen LogP contribution in [-0.4, -0.2) is 24.5 Å². The van der Waals surface area contributed by atoms with Gasteiger partial charge in [0.05, 0.1) is 24.2 Å². The van der Waals surface area contributed by atoms with Crippen LogP contribution in [0.25, 0.3) is 22.6 Å². The predicted molar refractivity (Wildman–Crippen MR) is 105 cm³/mol. The van der Waals surface area contributed by atoms with Crippen LogP contribution in [0.3, 0.4) is 0 Å². The molecule has 0 spiro atoms. The fraction of sp³-hybridized carbons (Fsp3) is 0.217. The first kappa shape index (κ1) is 17.4. The number of carbonyl (C=O) groups is 1. The number of rotatable bonds is 2. The van der Waals surface area contributed by atoms with E-state index in [1.807, 2.05) is 24.3 Å². The SMILES string of the molecule is Cc1ccc(/C=C2\C[NH+](C)Cc3c2nc2ccccc2c3C(=O)[O-])c(C)c1. The van der Waals surface area contributed by atoms with Crippen molar-refractivity contribution in [1.29, 1.82) is 0 Å². The Bertz CT molecular complexity index is 1100. The number of hydrogen-bond donors (Lipinski definition) is 1. The van der Waals surface area contributed by atoms with Gasteiger partial charge in [-0.1, -0.05) is 42.0 Å². The topological polar surface area (TPSA) is 57.5 Å². The lowest BCUT2D eigenvalue weighted by molar-refractivity contribution is -0.887. The number of quaternary nitrogens is 1. The summed E-state index contributed by atoms with van der Waals surface area (Å²) in [7, 11) is 2.08. The lowest BCUT2D eigenvalue weighted by atomic mass is 9.91. The van der Waals surface area contributed by atoms with Crippen LogP contribution >= 0.6 is 0 Å². The van der Waals surface area contributed by atoms with Gasteiger partial charge < -0.3 is 14.8 Å². The second kappa shape index (κ2) is 6.63. The van der Waals surface area contributed by atoms with Gasteiger partial charge in [-0.3, -0.25) is 0 Å². The number of aryl methyl sites for hydroxylation is 2. The first-order chi connectivity index (χ1) is 12.9. The van der Waals surface area contributed by atoms with Gasteiger partial charge in [0.2, 0.25) is 0 Å². The second-order valence-corrected chi connectivity index (χ2v) is 7.46. The van der Waals surface area contributed by atoms with Crippen LogP contribution in [0.1, 0.15) is 38.3 Å². The number of aromatic carboxylic acids is 1. The molecule has 1 aliphatic heterocycles. The fourth-order valence-electron chi connectivity index (χ4n) is 3.99. The minimum absolute atomic E-state index is 0.279. The van der Waals surface area contributed by atoms with E-state index in [0.717, 1.165) is 28.9 Å². The smallest absolute Gasteiger partial charge is 0.106 e. The van der Waals surface area contributed by atoms with Gasteiger partial charge in [-0.2, -0.15) is 0 Å². The second-order valence-electron chi connectivity index (χ2n) is 7.46. The number of carboxylic acid groups (broad SMARTS) is 1. The average molecular weight is 358 g/mol. The van der Waals surface area contributed by atoms with Gasteiger partial charge in [0, 0.05) is 22.1 Å². The van der Waals surface area contributed by atoms with Gasteiger partial charge in [0.15, 0.2) is 0 Å². The van der Waals surface area contributed by atoms with Crippen LogP contribution < -0.4 is 10.0 Å². The highest BCUT2D eigenvalue weighted by Crippen LogP contribution is 2.30. The number of benzene rings is 2. The summed E-state index contributed by atoms with van der Waals surface area (Å²) in [6.45, 7) is 5.61. The van der Waals surface area contributed by atoms with Crippen molar-refractivity contribution in [2.24, 2.45) is 0 Å². The van der Waals surface area contributed by atoms with E-state index in [1.54, 1.807) is 0 Å². The average Bonchev–Trinajstić information content (AvgIpc) is 2.62. The van der Waals surface area contributed by atoms with Crippen molar-refractivity contribution in [2.45, 2.75) is 20.4 Å². The molecule has 1 atom stereocenters. The third kappa shape index (κ3) is 3.13. The molecule has 0 aliphatic carbocycles. The van der Waals surface area contributed by atoms with Gasteiger partial charge in [0.25, 0.3) is 0 Å². The summed E-state index contributed by atoms with van der Waals surface area (Å²) in [5, 5.41) is 12.6. The highest BCUT2D eigenvalue weighted by molar-refractivity contribution is 6.05. The Balaban J connectivity index is 1.99. The number of nitrogens with one attached hydrogen (secondary N) is 1. The van der Waals surface area contributed by atoms with E-state index in [9.17, 15) is 9.90 Å². The van der Waals surface area contributed by atoms with Crippen molar-refractivity contribution in [3.63, 3.8) is 0 Å². The Morgan fingerprint density at radius 2 is 1.93 bits per heavy atom. The molecule has 0 saturated heterocycles. The van der Waals surface area contributed by atoms with Crippen molar-refractivity contribution < 1.29 is 14.8 Å². The minimum Gasteiger partial charge on any atom is -0.545 e. The molecule has 4 rings (SSSR count). The van der Waals surface area contributed by atoms with Gasteiger partial charge >= 0.3 is 0 Å². The molecule has 0 amide bonds. The number of nitrogens with zero attached hydrogens (tertiary/aromatic N) is 1. The van der Waals surface area contributed by atoms with Gasteiger partial charge in [0.1, 0.15) is 13.1 Å². The number of hydrogen-bond acceptors (Lipinski definition) is 3. The molecule has 27 heavy (non-hydrogen) atoms. The molecule has 2 heterocycles. The predicted octanol–water partition coefficient (Wildman–Crippen LogP) is 1.78. The molecular formula is C23H22N2O2. The van der Waals surface area contributed by atoms with E-state index >= 15 is 0 Å². The highest BCUT2D eigenvalue weighted by Gasteiger charge is 2.27. The Morgan fingerprint density at radius 3 is 2.67 bits per heavy atom. The molecule has 0 fully saturated rings. The molecule has 1 aliphatic rings. The molecule has 0 bridgehead atoms. The minimum atomic E-state index is -1.13. The summed E-state index contributed by atoms with van der Waals surface area (Å²) in [4.78, 5) is 18.1. The normalized spacial score (nSPS) is 17.9. The summed E-state index contributed by atoms with van der Waals surface area (Å²) in [5.74, 6) is -1.13. The fourth-order valence-corrected chi connectivity index (χ4v) is 3.99. The summed E-state index contributed by atoms with van der Waals surface area (Å²) in [6.07, 6.45) is 2.15. The number of pyridine rings is 1. The van der Waals surface area contributed by atoms with Crippen molar-refractivity contribution in [2.75, 3.05) is 13.6 Å². The third-order valence-corrected chi connectivity index (χ3v) is 5.23. The summed E-state index contributed by atoms with van der Waals surface area (Å²) < 4.78 is 0. The molecule has 2 aromatic carbocycles. The molecular weight excluding hydrogens is 336 g/mol. The lowest BCUT2D eigenvalue weighted by Crippen LogP contribution is -3.08. The maximum absolute atomic E-state index is 12.0. The van der Waals surface area contributed by atoms with Crippen molar-refractivity contribution in [3.05, 3.63) is 76.0 Å². The molecule has 4 nitrogen and oxygen atoms in total. The Morgan fingerprint density at radius 1 is 1.15 bits per heavy atom. The van der Waals surface area contributed by atoms with Crippen LogP contribution in [0.15, 0.2) is 42.5 Å². The van der Waals surface area contributed by atoms with E-state index < -0.39 is 5.97 Å². The van der Waals surface area contributed by atoms with Gasteiger partial charge in [-0.15, -0.1) is 0 Å². The van der Waals surface area contributed by atoms with E-state index in [2.05, 4.69) is 45.2 Å². The Labute approximate surface area is 158 Å². The zero-order valence-electron chi connectivity index (χ0n) is 15.8. The van der Waals surface area contributed by atoms with E-state index in [-0.39, 0.29) is 5.56 Å². The third-order valence-electron chi connectivity index (χ3n) is 5.23. The number of fused-ring (bicyclic) bond motifs is 2. The van der Waals surface area contributed by atoms with Crippen LogP contribution in [0, 0.1) is 13.8 Å². The molecule has 1 unspecified atom stereocenters. The Kier molecular flexibility index (Phi) is 4.28. The number of aromatic nitrogens is 1. The van der Waals surface area contributed by atoms with Crippen LogP contribution in [0.4, 0.5) is 0 Å². The Hall–Kier alpha value is -2.98. The molecule has 0 saturated carbocycles. The lowest BCUT2D eigenvalue weighted by Gasteiger charge is -2.27. The summed E-state index contributed by atoms with van der Waals surface area (Å²) >= 11 is 0. The monoisotopic (exact) mass is 358 g/mol. The maximum atomic E-state index is 12.0. The summed E-state index contributed by atoms with van der Waals surface area (Å²) in [6, 6.07) is 13.8. The summed E-state index contributed by atoms with van der Waals surface area (Å²) in [5.41, 5.74) is 7.17. The standard InChI is InChI=1S/C23H22N2O2/c1-14-8-9-16(15(2)10-14)11-17-12-25(3)13-19-21(23(26)27)18-6-4-5-7-20(18)24-22(17)19/h4-11H,12-13H2,1-3H3,(H,26,27)/b17-11+. The number of carboxylic acids is 1. The van der Waals surface area contributed by atoms with Crippen molar-refractivity contribution >= 4 is 28.5 Å². The van der Waals surface area contributed by atoms with Gasteiger partial charge in [-0.25, -0.2) is 4.98 Å². The first-order valence-corrected chi connectivity index (χ1v) is 9.16. The highest BCUT2D eigenvalue weighted by atomic mass is 16.4. The van der Waals surface area contributed by atoms with Crippen LogP contribution in [-0.2, 0) is 6.54 Å². The van der Waals surface area contributed by atoms with Crippen LogP contribution in [0.2, 0.25) is 0 Å². The zero-order chi connectivity index (χ0) is 19.1. The zero-order valence-corrected chi connectivity index (χ0v) is 15.8. The molecule has 136 valence electrons. The number of likely N-dealkylation sites (N-methyl/N-ethyl adjacent to an activating group) is 1. The van der Waals surface area contributed by atoms with E-state index in [4.69, 9.17) is 4.98 Å². The largest absolute Gasteiger partial charge is 0.545 e. The quantitative estimate of drug-likeness (QED) is 0.760. The van der Waals surface area contributed by atoms with E-state index in [0.29, 0.717) is 17.4 Å².